The Morgan fingerprint density at radius 3 is 2.25 bits per heavy atom. The van der Waals surface area contributed by atoms with E-state index in [1.807, 2.05) is 54.6 Å². The first-order valence-corrected chi connectivity index (χ1v) is 11.5. The van der Waals surface area contributed by atoms with Crippen LogP contribution in [0.25, 0.3) is 39.1 Å². The molecule has 2 aromatic carbocycles. The maximum atomic E-state index is 13.7. The highest BCUT2D eigenvalue weighted by Crippen LogP contribution is 2.46. The molecule has 3 aromatic heterocycles. The standard InChI is InChI=1S/C27H22F3N5O/c1-25(36)14-26(31,15-25)18-9-7-17(8-10-18)23-19(16-5-3-2-4-6-16)13-21-20(32-23)11-12-22-33-34-24(35(21)22)27(28,29)30/h2-13,36H,14-15,31H2,1H3/t25-,26+. The van der Waals surface area contributed by atoms with E-state index in [9.17, 15) is 18.3 Å². The molecule has 1 aliphatic carbocycles. The molecule has 6 rings (SSSR count). The van der Waals surface area contributed by atoms with Gasteiger partial charge < -0.3 is 10.8 Å². The van der Waals surface area contributed by atoms with Crippen molar-refractivity contribution in [1.29, 1.82) is 0 Å². The zero-order valence-corrected chi connectivity index (χ0v) is 19.3. The number of hydrogen-bond donors (Lipinski definition) is 2. The molecule has 9 heteroatoms. The Hall–Kier alpha value is -3.82. The molecule has 0 spiro atoms. The Labute approximate surface area is 204 Å². The molecule has 5 aromatic rings. The van der Waals surface area contributed by atoms with Gasteiger partial charge >= 0.3 is 6.18 Å². The summed E-state index contributed by atoms with van der Waals surface area (Å²) < 4.78 is 42.1. The topological polar surface area (TPSA) is 89.3 Å². The first kappa shape index (κ1) is 22.6. The molecule has 0 aliphatic heterocycles. The van der Waals surface area contributed by atoms with E-state index >= 15 is 0 Å². The van der Waals surface area contributed by atoms with E-state index < -0.39 is 23.1 Å². The van der Waals surface area contributed by atoms with Gasteiger partial charge in [-0.15, -0.1) is 10.2 Å². The number of fused-ring (bicyclic) bond motifs is 3. The third kappa shape index (κ3) is 3.63. The van der Waals surface area contributed by atoms with Gasteiger partial charge in [-0.05, 0) is 49.1 Å². The predicted octanol–water partition coefficient (Wildman–Crippen LogP) is 5.33. The van der Waals surface area contributed by atoms with Gasteiger partial charge in [0.2, 0.25) is 5.82 Å². The minimum absolute atomic E-state index is 0.0948. The number of aromatic nitrogens is 4. The van der Waals surface area contributed by atoms with Crippen LogP contribution in [0.5, 0.6) is 0 Å². The molecule has 182 valence electrons. The van der Waals surface area contributed by atoms with Gasteiger partial charge in [0.05, 0.1) is 22.3 Å². The van der Waals surface area contributed by atoms with Crippen LogP contribution in [-0.4, -0.2) is 30.3 Å². The summed E-state index contributed by atoms with van der Waals surface area (Å²) in [5.41, 5.74) is 9.73. The van der Waals surface area contributed by atoms with Crippen LogP contribution in [-0.2, 0) is 11.7 Å². The molecule has 0 saturated heterocycles. The first-order valence-electron chi connectivity index (χ1n) is 11.5. The van der Waals surface area contributed by atoms with Crippen molar-refractivity contribution in [3.8, 4) is 22.4 Å². The molecule has 1 saturated carbocycles. The minimum atomic E-state index is -4.67. The Balaban J connectivity index is 1.55. The maximum Gasteiger partial charge on any atom is 0.452 e. The van der Waals surface area contributed by atoms with Crippen LogP contribution in [0.15, 0.2) is 72.8 Å². The zero-order chi connectivity index (χ0) is 25.3. The lowest BCUT2D eigenvalue weighted by Gasteiger charge is -2.49. The molecule has 0 atom stereocenters. The number of rotatable bonds is 3. The molecule has 0 unspecified atom stereocenters. The van der Waals surface area contributed by atoms with E-state index in [2.05, 4.69) is 10.2 Å². The van der Waals surface area contributed by atoms with Crippen molar-refractivity contribution in [2.75, 3.05) is 0 Å². The van der Waals surface area contributed by atoms with Gasteiger partial charge in [-0.2, -0.15) is 13.2 Å². The van der Waals surface area contributed by atoms with E-state index in [1.165, 1.54) is 6.07 Å². The third-order valence-corrected chi connectivity index (χ3v) is 6.81. The molecular weight excluding hydrogens is 467 g/mol. The Morgan fingerprint density at radius 1 is 0.917 bits per heavy atom. The monoisotopic (exact) mass is 489 g/mol. The lowest BCUT2D eigenvalue weighted by atomic mass is 9.63. The summed E-state index contributed by atoms with van der Waals surface area (Å²) in [5.74, 6) is -1.09. The van der Waals surface area contributed by atoms with Crippen LogP contribution in [0.1, 0.15) is 31.2 Å². The summed E-state index contributed by atoms with van der Waals surface area (Å²) in [6, 6.07) is 21.9. The fourth-order valence-electron chi connectivity index (χ4n) is 5.33. The highest BCUT2D eigenvalue weighted by Gasteiger charge is 2.49. The SMILES string of the molecule is C[C@]1(O)C[C@](N)(c2ccc(-c3nc4ccc5nnc(C(F)(F)F)n5c4cc3-c3ccccc3)cc2)C1. The third-order valence-electron chi connectivity index (χ3n) is 6.81. The van der Waals surface area contributed by atoms with Gasteiger partial charge in [0.25, 0.3) is 0 Å². The molecule has 36 heavy (non-hydrogen) atoms. The molecule has 1 fully saturated rings. The van der Waals surface area contributed by atoms with Gasteiger partial charge in [0.15, 0.2) is 5.65 Å². The van der Waals surface area contributed by atoms with Gasteiger partial charge in [0, 0.05) is 16.7 Å². The minimum Gasteiger partial charge on any atom is -0.390 e. The Kier molecular flexibility index (Phi) is 4.77. The second kappa shape index (κ2) is 7.59. The molecule has 3 N–H and O–H groups in total. The predicted molar refractivity (Wildman–Crippen MR) is 130 cm³/mol. The number of aliphatic hydroxyl groups is 1. The fourth-order valence-corrected chi connectivity index (χ4v) is 5.33. The number of halogens is 3. The van der Waals surface area contributed by atoms with Gasteiger partial charge in [-0.3, -0.25) is 4.40 Å². The lowest BCUT2D eigenvalue weighted by Crippen LogP contribution is -2.58. The quantitative estimate of drug-likeness (QED) is 0.358. The van der Waals surface area contributed by atoms with E-state index in [-0.39, 0.29) is 11.2 Å². The second-order valence-corrected chi connectivity index (χ2v) is 9.79. The highest BCUT2D eigenvalue weighted by molar-refractivity contribution is 5.91. The molecule has 3 heterocycles. The van der Waals surface area contributed by atoms with Gasteiger partial charge in [-0.25, -0.2) is 4.98 Å². The van der Waals surface area contributed by atoms with Crippen LogP contribution in [0.4, 0.5) is 13.2 Å². The maximum absolute atomic E-state index is 13.7. The molecule has 0 bridgehead atoms. The summed E-state index contributed by atoms with van der Waals surface area (Å²) in [5, 5.41) is 17.3. The van der Waals surface area contributed by atoms with Gasteiger partial charge in [0.1, 0.15) is 0 Å². The van der Waals surface area contributed by atoms with E-state index in [4.69, 9.17) is 10.7 Å². The molecule has 1 aliphatic rings. The smallest absolute Gasteiger partial charge is 0.390 e. The molecular formula is C27H22F3N5O. The Bertz CT molecular complexity index is 1600. The van der Waals surface area contributed by atoms with Crippen LogP contribution >= 0.6 is 0 Å². The van der Waals surface area contributed by atoms with Crippen molar-refractivity contribution in [2.45, 2.75) is 37.1 Å². The van der Waals surface area contributed by atoms with Gasteiger partial charge in [-0.1, -0.05) is 54.6 Å². The van der Waals surface area contributed by atoms with E-state index in [0.29, 0.717) is 29.6 Å². The largest absolute Gasteiger partial charge is 0.452 e. The number of alkyl halides is 3. The summed E-state index contributed by atoms with van der Waals surface area (Å²) >= 11 is 0. The molecule has 6 nitrogen and oxygen atoms in total. The fraction of sp³-hybridized carbons (Fsp3) is 0.222. The van der Waals surface area contributed by atoms with Crippen molar-refractivity contribution >= 4 is 16.7 Å². The number of benzene rings is 2. The van der Waals surface area contributed by atoms with E-state index in [0.717, 1.165) is 21.1 Å². The molecule has 0 amide bonds. The number of pyridine rings is 2. The average molecular weight is 490 g/mol. The van der Waals surface area contributed by atoms with Crippen LogP contribution in [0.3, 0.4) is 0 Å². The summed E-state index contributed by atoms with van der Waals surface area (Å²) in [6.07, 6.45) is -3.72. The number of hydrogen-bond acceptors (Lipinski definition) is 5. The number of nitrogens with two attached hydrogens (primary N) is 1. The second-order valence-electron chi connectivity index (χ2n) is 9.79. The van der Waals surface area contributed by atoms with Crippen molar-refractivity contribution < 1.29 is 18.3 Å². The van der Waals surface area contributed by atoms with E-state index in [1.54, 1.807) is 19.1 Å². The van der Waals surface area contributed by atoms with Crippen molar-refractivity contribution in [2.24, 2.45) is 5.73 Å². The normalized spacial score (nSPS) is 22.2. The summed E-state index contributed by atoms with van der Waals surface area (Å²) in [6.45, 7) is 1.77. The summed E-state index contributed by atoms with van der Waals surface area (Å²) in [4.78, 5) is 4.81. The lowest BCUT2D eigenvalue weighted by molar-refractivity contribution is -0.145. The molecule has 0 radical (unpaired) electrons. The van der Waals surface area contributed by atoms with Crippen LogP contribution < -0.4 is 5.73 Å². The van der Waals surface area contributed by atoms with Crippen LogP contribution in [0.2, 0.25) is 0 Å². The van der Waals surface area contributed by atoms with Crippen LogP contribution in [0, 0.1) is 0 Å². The first-order chi connectivity index (χ1) is 17.0. The average Bonchev–Trinajstić information content (AvgIpc) is 3.28. The van der Waals surface area contributed by atoms with Crippen molar-refractivity contribution in [3.05, 3.63) is 84.2 Å². The number of nitrogens with zero attached hydrogens (tertiary/aromatic N) is 4. The zero-order valence-electron chi connectivity index (χ0n) is 19.3. The highest BCUT2D eigenvalue weighted by atomic mass is 19.4. The summed E-state index contributed by atoms with van der Waals surface area (Å²) in [7, 11) is 0. The van der Waals surface area contributed by atoms with Crippen molar-refractivity contribution in [1.82, 2.24) is 19.6 Å². The van der Waals surface area contributed by atoms with Crippen molar-refractivity contribution in [3.63, 3.8) is 0 Å². The Morgan fingerprint density at radius 2 is 1.61 bits per heavy atom.